The molecule has 0 aliphatic carbocycles. The molecule has 1 aromatic carbocycles. The minimum absolute atomic E-state index is 0.0320. The van der Waals surface area contributed by atoms with Crippen LogP contribution in [0, 0.1) is 5.92 Å². The zero-order valence-corrected chi connectivity index (χ0v) is 12.6. The van der Waals surface area contributed by atoms with Crippen LogP contribution in [0.2, 0.25) is 0 Å². The monoisotopic (exact) mass is 278 g/mol. The zero-order chi connectivity index (χ0) is 14.7. The van der Waals surface area contributed by atoms with Gasteiger partial charge in [0.1, 0.15) is 5.75 Å². The van der Waals surface area contributed by atoms with E-state index in [0.717, 1.165) is 25.3 Å². The first-order chi connectivity index (χ1) is 9.52. The predicted octanol–water partition coefficient (Wildman–Crippen LogP) is 1.79. The van der Waals surface area contributed by atoms with E-state index >= 15 is 0 Å². The van der Waals surface area contributed by atoms with E-state index in [1.807, 2.05) is 19.1 Å². The Balaban J connectivity index is 2.22. The minimum Gasteiger partial charge on any atom is -0.497 e. The number of likely N-dealkylation sites (tertiary alicyclic amines) is 1. The average molecular weight is 278 g/mol. The number of nitrogens with zero attached hydrogens (tertiary/aromatic N) is 1. The highest BCUT2D eigenvalue weighted by molar-refractivity contribution is 5.31. The van der Waals surface area contributed by atoms with Crippen molar-refractivity contribution in [2.75, 3.05) is 20.2 Å². The van der Waals surface area contributed by atoms with Crippen molar-refractivity contribution in [1.82, 2.24) is 4.90 Å². The summed E-state index contributed by atoms with van der Waals surface area (Å²) in [6, 6.07) is 8.32. The third kappa shape index (κ3) is 3.32. The molecule has 2 rings (SSSR count). The molecule has 4 unspecified atom stereocenters. The highest BCUT2D eigenvalue weighted by Gasteiger charge is 2.31. The molecule has 20 heavy (non-hydrogen) atoms. The number of piperidine rings is 1. The molecule has 1 aromatic rings. The molecule has 0 aromatic heterocycles. The smallest absolute Gasteiger partial charge is 0.119 e. The van der Waals surface area contributed by atoms with Crippen LogP contribution in [0.5, 0.6) is 5.75 Å². The van der Waals surface area contributed by atoms with Crippen molar-refractivity contribution in [3.05, 3.63) is 29.8 Å². The normalized spacial score (nSPS) is 27.1. The van der Waals surface area contributed by atoms with E-state index in [2.05, 4.69) is 24.0 Å². The Morgan fingerprint density at radius 3 is 2.80 bits per heavy atom. The first-order valence-corrected chi connectivity index (χ1v) is 7.34. The fraction of sp³-hybridized carbons (Fsp3) is 0.625. The van der Waals surface area contributed by atoms with E-state index in [1.165, 1.54) is 5.56 Å². The molecule has 1 aliphatic heterocycles. The number of methoxy groups -OCH3 is 1. The second-order valence-corrected chi connectivity index (χ2v) is 5.91. The van der Waals surface area contributed by atoms with Crippen molar-refractivity contribution >= 4 is 0 Å². The number of aliphatic hydroxyl groups excluding tert-OH is 1. The molecule has 4 nitrogen and oxygen atoms in total. The molecular formula is C16H26N2O2. The third-order valence-corrected chi connectivity index (χ3v) is 4.22. The van der Waals surface area contributed by atoms with Crippen LogP contribution in [0.3, 0.4) is 0 Å². The molecule has 4 heteroatoms. The summed E-state index contributed by atoms with van der Waals surface area (Å²) in [5.41, 5.74) is 7.41. The molecule has 0 radical (unpaired) electrons. The summed E-state index contributed by atoms with van der Waals surface area (Å²) in [6.07, 6.45) is 0.624. The number of ether oxygens (including phenoxy) is 1. The second-order valence-electron chi connectivity index (χ2n) is 5.91. The highest BCUT2D eigenvalue weighted by Crippen LogP contribution is 2.30. The molecule has 1 aliphatic rings. The van der Waals surface area contributed by atoms with Crippen molar-refractivity contribution in [2.24, 2.45) is 11.7 Å². The van der Waals surface area contributed by atoms with Crippen molar-refractivity contribution in [3.8, 4) is 5.75 Å². The van der Waals surface area contributed by atoms with Crippen molar-refractivity contribution in [2.45, 2.75) is 38.5 Å². The molecular weight excluding hydrogens is 252 g/mol. The van der Waals surface area contributed by atoms with Gasteiger partial charge >= 0.3 is 0 Å². The highest BCUT2D eigenvalue weighted by atomic mass is 16.5. The summed E-state index contributed by atoms with van der Waals surface area (Å²) in [5.74, 6) is 1.15. The number of benzene rings is 1. The Labute approximate surface area is 121 Å². The molecule has 4 atom stereocenters. The van der Waals surface area contributed by atoms with E-state index in [-0.39, 0.29) is 24.1 Å². The largest absolute Gasteiger partial charge is 0.497 e. The lowest BCUT2D eigenvalue weighted by molar-refractivity contribution is 0.0125. The van der Waals surface area contributed by atoms with Gasteiger partial charge in [-0.2, -0.15) is 0 Å². The molecule has 112 valence electrons. The summed E-state index contributed by atoms with van der Waals surface area (Å²) >= 11 is 0. The van der Waals surface area contributed by atoms with Crippen molar-refractivity contribution in [1.29, 1.82) is 0 Å². The first kappa shape index (κ1) is 15.3. The molecule has 3 N–H and O–H groups in total. The van der Waals surface area contributed by atoms with Crippen LogP contribution in [0.25, 0.3) is 0 Å². The topological polar surface area (TPSA) is 58.7 Å². The lowest BCUT2D eigenvalue weighted by atomic mass is 9.91. The van der Waals surface area contributed by atoms with Crippen molar-refractivity contribution in [3.63, 3.8) is 0 Å². The van der Waals surface area contributed by atoms with Crippen LogP contribution in [-0.4, -0.2) is 42.4 Å². The molecule has 0 spiro atoms. The lowest BCUT2D eigenvalue weighted by Crippen LogP contribution is -2.48. The van der Waals surface area contributed by atoms with E-state index in [9.17, 15) is 5.11 Å². The van der Waals surface area contributed by atoms with Gasteiger partial charge in [-0.05, 0) is 37.0 Å². The average Bonchev–Trinajstić information content (AvgIpc) is 2.43. The van der Waals surface area contributed by atoms with Crippen LogP contribution >= 0.6 is 0 Å². The van der Waals surface area contributed by atoms with E-state index < -0.39 is 0 Å². The fourth-order valence-electron chi connectivity index (χ4n) is 3.09. The Morgan fingerprint density at radius 1 is 1.45 bits per heavy atom. The maximum atomic E-state index is 9.89. The van der Waals surface area contributed by atoms with Gasteiger partial charge in [-0.15, -0.1) is 0 Å². The predicted molar refractivity (Wildman–Crippen MR) is 80.7 cm³/mol. The Kier molecular flexibility index (Phi) is 5.02. The van der Waals surface area contributed by atoms with Gasteiger partial charge in [0.2, 0.25) is 0 Å². The van der Waals surface area contributed by atoms with Gasteiger partial charge in [0, 0.05) is 25.2 Å². The molecule has 0 saturated carbocycles. The van der Waals surface area contributed by atoms with Gasteiger partial charge in [0.15, 0.2) is 0 Å². The Bertz CT molecular complexity index is 436. The second kappa shape index (κ2) is 6.57. The van der Waals surface area contributed by atoms with Crippen LogP contribution in [0.15, 0.2) is 24.3 Å². The van der Waals surface area contributed by atoms with Gasteiger partial charge in [-0.1, -0.05) is 19.1 Å². The Morgan fingerprint density at radius 2 is 2.20 bits per heavy atom. The lowest BCUT2D eigenvalue weighted by Gasteiger charge is -2.41. The maximum absolute atomic E-state index is 9.89. The molecule has 0 bridgehead atoms. The van der Waals surface area contributed by atoms with E-state index in [0.29, 0.717) is 0 Å². The van der Waals surface area contributed by atoms with Gasteiger partial charge in [-0.3, -0.25) is 4.90 Å². The molecule has 1 heterocycles. The minimum atomic E-state index is -0.190. The third-order valence-electron chi connectivity index (χ3n) is 4.22. The zero-order valence-electron chi connectivity index (χ0n) is 12.6. The number of hydrogen-bond acceptors (Lipinski definition) is 4. The standard InChI is InChI=1S/C16H26N2O2/c1-11-10-18(8-7-15(11)19)16(12(2)17)13-5-4-6-14(9-13)20-3/h4-6,9,11-12,15-16,19H,7-8,10,17H2,1-3H3. The van der Waals surface area contributed by atoms with E-state index in [4.69, 9.17) is 10.5 Å². The summed E-state index contributed by atoms with van der Waals surface area (Å²) in [7, 11) is 1.68. The van der Waals surface area contributed by atoms with Crippen molar-refractivity contribution < 1.29 is 9.84 Å². The summed E-state index contributed by atoms with van der Waals surface area (Å²) in [5, 5.41) is 9.89. The number of nitrogens with two attached hydrogens (primary N) is 1. The van der Waals surface area contributed by atoms with Crippen LogP contribution < -0.4 is 10.5 Å². The molecule has 0 amide bonds. The van der Waals surface area contributed by atoms with Gasteiger partial charge in [-0.25, -0.2) is 0 Å². The first-order valence-electron chi connectivity index (χ1n) is 7.34. The van der Waals surface area contributed by atoms with Crippen LogP contribution in [0.1, 0.15) is 31.9 Å². The fourth-order valence-corrected chi connectivity index (χ4v) is 3.09. The number of hydrogen-bond donors (Lipinski definition) is 2. The summed E-state index contributed by atoms with van der Waals surface area (Å²) < 4.78 is 5.31. The Hall–Kier alpha value is -1.10. The summed E-state index contributed by atoms with van der Waals surface area (Å²) in [6.45, 7) is 5.90. The van der Waals surface area contributed by atoms with Crippen LogP contribution in [0.4, 0.5) is 0 Å². The number of rotatable bonds is 4. The molecule has 1 fully saturated rings. The van der Waals surface area contributed by atoms with Gasteiger partial charge in [0.25, 0.3) is 0 Å². The molecule has 1 saturated heterocycles. The summed E-state index contributed by atoms with van der Waals surface area (Å²) in [4.78, 5) is 2.39. The van der Waals surface area contributed by atoms with Gasteiger partial charge in [0.05, 0.1) is 13.2 Å². The van der Waals surface area contributed by atoms with E-state index in [1.54, 1.807) is 7.11 Å². The van der Waals surface area contributed by atoms with Crippen LogP contribution in [-0.2, 0) is 0 Å². The quantitative estimate of drug-likeness (QED) is 0.881. The number of aliphatic hydroxyl groups is 1. The van der Waals surface area contributed by atoms with Gasteiger partial charge < -0.3 is 15.6 Å². The maximum Gasteiger partial charge on any atom is 0.119 e. The SMILES string of the molecule is COc1cccc(C(C(C)N)N2CCC(O)C(C)C2)c1.